The van der Waals surface area contributed by atoms with Crippen LogP contribution in [0.2, 0.25) is 0 Å². The number of carbonyl (C=O) groups is 1. The minimum absolute atomic E-state index is 0.125. The van der Waals surface area contributed by atoms with Gasteiger partial charge in [-0.25, -0.2) is 4.39 Å². The van der Waals surface area contributed by atoms with Crippen LogP contribution >= 0.6 is 0 Å². The number of aliphatic carboxylic acids is 1. The zero-order valence-electron chi connectivity index (χ0n) is 12.5. The molecule has 0 aliphatic carbocycles. The van der Waals surface area contributed by atoms with Gasteiger partial charge < -0.3 is 9.84 Å². The molecule has 0 bridgehead atoms. The SMILES string of the molecule is COc1ccc(C(C)N2CCC(CCC(=O)O)C2)cc1F. The fraction of sp³-hybridized carbons (Fsp3) is 0.562. The number of methoxy groups -OCH3 is 1. The van der Waals surface area contributed by atoms with Crippen molar-refractivity contribution in [1.82, 2.24) is 4.90 Å². The van der Waals surface area contributed by atoms with E-state index in [9.17, 15) is 9.18 Å². The van der Waals surface area contributed by atoms with Crippen LogP contribution in [0.1, 0.15) is 37.8 Å². The number of hydrogen-bond acceptors (Lipinski definition) is 3. The fourth-order valence-electron chi connectivity index (χ4n) is 2.93. The van der Waals surface area contributed by atoms with Crippen LogP contribution < -0.4 is 4.74 Å². The first-order chi connectivity index (χ1) is 10.0. The molecule has 1 aliphatic heterocycles. The van der Waals surface area contributed by atoms with Crippen LogP contribution in [0.4, 0.5) is 4.39 Å². The van der Waals surface area contributed by atoms with Crippen LogP contribution in [0, 0.1) is 11.7 Å². The summed E-state index contributed by atoms with van der Waals surface area (Å²) >= 11 is 0. The van der Waals surface area contributed by atoms with E-state index in [0.717, 1.165) is 31.5 Å². The summed E-state index contributed by atoms with van der Waals surface area (Å²) in [6.45, 7) is 3.86. The summed E-state index contributed by atoms with van der Waals surface area (Å²) in [6.07, 6.45) is 1.95. The van der Waals surface area contributed by atoms with Crippen molar-refractivity contribution in [2.24, 2.45) is 5.92 Å². The van der Waals surface area contributed by atoms with Crippen LogP contribution in [0.5, 0.6) is 5.75 Å². The first-order valence-corrected chi connectivity index (χ1v) is 7.30. The molecule has 1 heterocycles. The lowest BCUT2D eigenvalue weighted by Crippen LogP contribution is -2.24. The number of carboxylic acid groups (broad SMARTS) is 1. The van der Waals surface area contributed by atoms with Gasteiger partial charge in [-0.2, -0.15) is 0 Å². The van der Waals surface area contributed by atoms with Crippen molar-refractivity contribution in [3.05, 3.63) is 29.6 Å². The van der Waals surface area contributed by atoms with Gasteiger partial charge in [0.1, 0.15) is 0 Å². The smallest absolute Gasteiger partial charge is 0.303 e. The zero-order chi connectivity index (χ0) is 15.4. The Labute approximate surface area is 124 Å². The molecule has 0 amide bonds. The Morgan fingerprint density at radius 1 is 1.57 bits per heavy atom. The number of halogens is 1. The average Bonchev–Trinajstić information content (AvgIpc) is 2.93. The largest absolute Gasteiger partial charge is 0.494 e. The Morgan fingerprint density at radius 3 is 2.95 bits per heavy atom. The van der Waals surface area contributed by atoms with Crippen molar-refractivity contribution < 1.29 is 19.0 Å². The summed E-state index contributed by atoms with van der Waals surface area (Å²) in [5.41, 5.74) is 0.923. The van der Waals surface area contributed by atoms with Crippen LogP contribution in [0.3, 0.4) is 0 Å². The van der Waals surface area contributed by atoms with E-state index in [0.29, 0.717) is 5.92 Å². The lowest BCUT2D eigenvalue weighted by molar-refractivity contribution is -0.137. The molecular weight excluding hydrogens is 273 g/mol. The molecule has 2 rings (SSSR count). The van der Waals surface area contributed by atoms with Crippen molar-refractivity contribution in [2.75, 3.05) is 20.2 Å². The fourth-order valence-corrected chi connectivity index (χ4v) is 2.93. The van der Waals surface area contributed by atoms with Crippen molar-refractivity contribution in [3.63, 3.8) is 0 Å². The normalized spacial score (nSPS) is 20.4. The third kappa shape index (κ3) is 3.94. The van der Waals surface area contributed by atoms with E-state index in [1.54, 1.807) is 6.07 Å². The average molecular weight is 295 g/mol. The summed E-state index contributed by atoms with van der Waals surface area (Å²) in [5, 5.41) is 8.74. The van der Waals surface area contributed by atoms with E-state index in [4.69, 9.17) is 9.84 Å². The highest BCUT2D eigenvalue weighted by Gasteiger charge is 2.27. The van der Waals surface area contributed by atoms with Crippen LogP contribution in [-0.4, -0.2) is 36.2 Å². The van der Waals surface area contributed by atoms with Crippen LogP contribution in [0.25, 0.3) is 0 Å². The molecular formula is C16H22FNO3. The second kappa shape index (κ2) is 6.89. The standard InChI is InChI=1S/C16H22FNO3/c1-11(13-4-5-15(21-2)14(17)9-13)18-8-7-12(10-18)3-6-16(19)20/h4-5,9,11-12H,3,6-8,10H2,1-2H3,(H,19,20). The molecule has 2 atom stereocenters. The third-order valence-corrected chi connectivity index (χ3v) is 4.29. The molecule has 1 aliphatic rings. The zero-order valence-corrected chi connectivity index (χ0v) is 12.5. The maximum absolute atomic E-state index is 13.8. The van der Waals surface area contributed by atoms with Gasteiger partial charge in [-0.05, 0) is 49.9 Å². The van der Waals surface area contributed by atoms with Gasteiger partial charge in [0.15, 0.2) is 11.6 Å². The highest BCUT2D eigenvalue weighted by molar-refractivity contribution is 5.66. The number of likely N-dealkylation sites (tertiary alicyclic amines) is 1. The molecule has 4 nitrogen and oxygen atoms in total. The summed E-state index contributed by atoms with van der Waals surface area (Å²) in [7, 11) is 1.45. The van der Waals surface area contributed by atoms with Gasteiger partial charge in [-0.3, -0.25) is 9.69 Å². The second-order valence-electron chi connectivity index (χ2n) is 5.65. The third-order valence-electron chi connectivity index (χ3n) is 4.29. The number of ether oxygens (including phenoxy) is 1. The Morgan fingerprint density at radius 2 is 2.33 bits per heavy atom. The van der Waals surface area contributed by atoms with E-state index in [1.807, 2.05) is 6.07 Å². The molecule has 1 aromatic carbocycles. The Kier molecular flexibility index (Phi) is 5.17. The minimum Gasteiger partial charge on any atom is -0.494 e. The van der Waals surface area contributed by atoms with Gasteiger partial charge in [0.05, 0.1) is 7.11 Å². The number of rotatable bonds is 6. The molecule has 2 unspecified atom stereocenters. The van der Waals surface area contributed by atoms with Gasteiger partial charge in [-0.1, -0.05) is 6.07 Å². The van der Waals surface area contributed by atoms with E-state index in [-0.39, 0.29) is 24.0 Å². The van der Waals surface area contributed by atoms with Crippen molar-refractivity contribution in [1.29, 1.82) is 0 Å². The van der Waals surface area contributed by atoms with Crippen LogP contribution in [-0.2, 0) is 4.79 Å². The predicted molar refractivity (Wildman–Crippen MR) is 77.9 cm³/mol. The Hall–Kier alpha value is -1.62. The maximum Gasteiger partial charge on any atom is 0.303 e. The van der Waals surface area contributed by atoms with Gasteiger partial charge in [-0.15, -0.1) is 0 Å². The molecule has 0 spiro atoms. The van der Waals surface area contributed by atoms with Gasteiger partial charge >= 0.3 is 5.97 Å². The van der Waals surface area contributed by atoms with Crippen molar-refractivity contribution in [3.8, 4) is 5.75 Å². The van der Waals surface area contributed by atoms with E-state index >= 15 is 0 Å². The Balaban J connectivity index is 1.96. The van der Waals surface area contributed by atoms with Gasteiger partial charge in [0, 0.05) is 19.0 Å². The lowest BCUT2D eigenvalue weighted by atomic mass is 10.0. The predicted octanol–water partition coefficient (Wildman–Crippen LogP) is 3.08. The van der Waals surface area contributed by atoms with Gasteiger partial charge in [0.25, 0.3) is 0 Å². The highest BCUT2D eigenvalue weighted by atomic mass is 19.1. The van der Waals surface area contributed by atoms with E-state index in [2.05, 4.69) is 11.8 Å². The summed E-state index contributed by atoms with van der Waals surface area (Å²) in [4.78, 5) is 12.9. The lowest BCUT2D eigenvalue weighted by Gasteiger charge is -2.25. The topological polar surface area (TPSA) is 49.8 Å². The number of carboxylic acids is 1. The quantitative estimate of drug-likeness (QED) is 0.876. The molecule has 1 aromatic rings. The summed E-state index contributed by atoms with van der Waals surface area (Å²) in [5.74, 6) is -0.402. The molecule has 1 N–H and O–H groups in total. The van der Waals surface area contributed by atoms with Gasteiger partial charge in [0.2, 0.25) is 0 Å². The van der Waals surface area contributed by atoms with Crippen LogP contribution in [0.15, 0.2) is 18.2 Å². The van der Waals surface area contributed by atoms with Crippen molar-refractivity contribution in [2.45, 2.75) is 32.2 Å². The van der Waals surface area contributed by atoms with E-state index < -0.39 is 5.97 Å². The van der Waals surface area contributed by atoms with E-state index in [1.165, 1.54) is 13.2 Å². The first-order valence-electron chi connectivity index (χ1n) is 7.30. The second-order valence-corrected chi connectivity index (χ2v) is 5.65. The summed E-state index contributed by atoms with van der Waals surface area (Å²) < 4.78 is 18.7. The molecule has 21 heavy (non-hydrogen) atoms. The maximum atomic E-state index is 13.8. The Bertz CT molecular complexity index is 506. The number of hydrogen-bond donors (Lipinski definition) is 1. The monoisotopic (exact) mass is 295 g/mol. The highest BCUT2D eigenvalue weighted by Crippen LogP contribution is 2.31. The number of benzene rings is 1. The molecule has 1 fully saturated rings. The minimum atomic E-state index is -0.737. The molecule has 5 heteroatoms. The molecule has 0 saturated carbocycles. The summed E-state index contributed by atoms with van der Waals surface area (Å²) in [6, 6.07) is 5.19. The number of nitrogens with zero attached hydrogens (tertiary/aromatic N) is 1. The molecule has 0 aromatic heterocycles. The van der Waals surface area contributed by atoms with Crippen molar-refractivity contribution >= 4 is 5.97 Å². The molecule has 1 saturated heterocycles. The first kappa shape index (κ1) is 15.8. The molecule has 116 valence electrons. The molecule has 0 radical (unpaired) electrons.